The van der Waals surface area contributed by atoms with E-state index in [1.807, 2.05) is 4.72 Å². The number of carbonyl (C=O) groups is 3. The number of carbonyl (C=O) groups excluding carboxylic acids is 2. The summed E-state index contributed by atoms with van der Waals surface area (Å²) in [4.78, 5) is 61.9. The van der Waals surface area contributed by atoms with E-state index in [2.05, 4.69) is 30.5 Å². The number of rotatable bonds is 13. The van der Waals surface area contributed by atoms with Crippen LogP contribution in [0.3, 0.4) is 0 Å². The number of benzene rings is 2. The molecule has 0 aliphatic heterocycles. The van der Waals surface area contributed by atoms with Crippen LogP contribution in [0.25, 0.3) is 21.7 Å². The van der Waals surface area contributed by atoms with Gasteiger partial charge in [-0.2, -0.15) is 4.72 Å². The monoisotopic (exact) mass is 760 g/mol. The van der Waals surface area contributed by atoms with Gasteiger partial charge < -0.3 is 14.6 Å². The maximum absolute atomic E-state index is 13.7. The Kier molecular flexibility index (Phi) is 10.4. The third-order valence-corrected chi connectivity index (χ3v) is 10.2. The van der Waals surface area contributed by atoms with Crippen LogP contribution in [0.15, 0.2) is 59.5 Å². The zero-order valence-corrected chi connectivity index (χ0v) is 28.9. The zero-order chi connectivity index (χ0) is 37.1. The second kappa shape index (κ2) is 14.6. The number of halogens is 1. The summed E-state index contributed by atoms with van der Waals surface area (Å²) in [5.41, 5.74) is -2.94. The van der Waals surface area contributed by atoms with Crippen molar-refractivity contribution in [1.82, 2.24) is 34.5 Å². The summed E-state index contributed by atoms with van der Waals surface area (Å²) < 4.78 is 39.9. The smallest absolute Gasteiger partial charge is 0.413 e. The zero-order valence-electron chi connectivity index (χ0n) is 26.5. The molecule has 0 aliphatic carbocycles. The molecule has 5 aromatic rings. The lowest BCUT2D eigenvalue weighted by Gasteiger charge is -2.39. The van der Waals surface area contributed by atoms with Gasteiger partial charge in [0.25, 0.3) is 15.7 Å². The van der Waals surface area contributed by atoms with Crippen LogP contribution in [-0.2, 0) is 31.0 Å². The summed E-state index contributed by atoms with van der Waals surface area (Å²) in [5.74, 6) is -2.33. The topological polar surface area (TPSA) is 264 Å². The molecule has 0 saturated carbocycles. The fraction of sp³-hybridized carbons (Fsp3) is 0.214. The first kappa shape index (κ1) is 36.4. The molecular formula is C28H25ClN10O10S2. The van der Waals surface area contributed by atoms with Crippen molar-refractivity contribution < 1.29 is 42.3 Å². The molecule has 266 valence electrons. The number of nitro groups is 1. The number of hydrogen-bond donors (Lipinski definition) is 3. The first-order valence-corrected chi connectivity index (χ1v) is 17.0. The normalized spacial score (nSPS) is 12.5. The van der Waals surface area contributed by atoms with Crippen molar-refractivity contribution in [2.24, 2.45) is 0 Å². The number of ether oxygens (including phenoxy) is 2. The molecule has 1 unspecified atom stereocenters. The van der Waals surface area contributed by atoms with Gasteiger partial charge in [0.2, 0.25) is 15.9 Å². The van der Waals surface area contributed by atoms with E-state index in [1.54, 1.807) is 24.3 Å². The van der Waals surface area contributed by atoms with Crippen LogP contribution in [0.2, 0.25) is 5.02 Å². The molecule has 0 spiro atoms. The molecule has 3 N–H and O–H groups in total. The average Bonchev–Trinajstić information content (AvgIpc) is 3.76. The SMILES string of the molecule is CCC(NS(=O)(=O)c1nnc(-c2ccc(Cl)cc2[N+](=O)[O-])s1)(C(=O)O)N(C(C)=O)n1cnc2c(NC(=O)OCc3ccc(OC)cc3)ncnc21. The third kappa shape index (κ3) is 7.38. The number of carboxylic acids is 1. The van der Waals surface area contributed by atoms with Gasteiger partial charge in [-0.3, -0.25) is 20.2 Å². The van der Waals surface area contributed by atoms with Crippen LogP contribution >= 0.6 is 22.9 Å². The van der Waals surface area contributed by atoms with Gasteiger partial charge in [-0.15, -0.1) is 10.2 Å². The Morgan fingerprint density at radius 2 is 1.86 bits per heavy atom. The van der Waals surface area contributed by atoms with Crippen molar-refractivity contribution in [3.8, 4) is 16.3 Å². The number of carboxylic acid groups (broad SMARTS) is 1. The molecule has 23 heteroatoms. The molecule has 0 bridgehead atoms. The molecule has 3 aromatic heterocycles. The molecule has 51 heavy (non-hydrogen) atoms. The van der Waals surface area contributed by atoms with Gasteiger partial charge in [-0.25, -0.2) is 42.6 Å². The first-order valence-electron chi connectivity index (χ1n) is 14.3. The molecule has 2 amide bonds. The summed E-state index contributed by atoms with van der Waals surface area (Å²) in [6.45, 7) is 2.17. The minimum atomic E-state index is -4.91. The molecule has 5 rings (SSSR count). The Morgan fingerprint density at radius 1 is 1.14 bits per heavy atom. The quantitative estimate of drug-likeness (QED) is 0.0883. The Hall–Kier alpha value is -5.84. The molecule has 3 heterocycles. The lowest BCUT2D eigenvalue weighted by Crippen LogP contribution is -2.70. The van der Waals surface area contributed by atoms with Crippen molar-refractivity contribution in [2.45, 2.75) is 36.9 Å². The van der Waals surface area contributed by atoms with E-state index < -0.39 is 55.0 Å². The maximum Gasteiger partial charge on any atom is 0.413 e. The van der Waals surface area contributed by atoms with Crippen molar-refractivity contribution in [2.75, 3.05) is 17.4 Å². The molecule has 0 radical (unpaired) electrons. The van der Waals surface area contributed by atoms with Crippen molar-refractivity contribution >= 4 is 73.6 Å². The van der Waals surface area contributed by atoms with E-state index in [4.69, 9.17) is 21.1 Å². The Labute approximate surface area is 296 Å². The van der Waals surface area contributed by atoms with Crippen LogP contribution < -0.4 is 19.8 Å². The Morgan fingerprint density at radius 3 is 2.49 bits per heavy atom. The van der Waals surface area contributed by atoms with E-state index in [0.717, 1.165) is 30.3 Å². The predicted octanol–water partition coefficient (Wildman–Crippen LogP) is 3.32. The van der Waals surface area contributed by atoms with Crippen molar-refractivity contribution in [3.63, 3.8) is 0 Å². The highest BCUT2D eigenvalue weighted by Gasteiger charge is 2.50. The molecule has 0 fully saturated rings. The van der Waals surface area contributed by atoms with Crippen molar-refractivity contribution in [1.29, 1.82) is 0 Å². The number of nitro benzene ring substituents is 1. The number of nitrogens with one attached hydrogen (secondary N) is 2. The third-order valence-electron chi connectivity index (χ3n) is 7.13. The molecule has 0 aliphatic rings. The number of hydrogen-bond acceptors (Lipinski definition) is 15. The maximum atomic E-state index is 13.7. The van der Waals surface area contributed by atoms with Gasteiger partial charge in [0.15, 0.2) is 22.0 Å². The van der Waals surface area contributed by atoms with E-state index in [9.17, 15) is 38.0 Å². The largest absolute Gasteiger partial charge is 0.497 e. The number of amides is 2. The van der Waals surface area contributed by atoms with E-state index in [-0.39, 0.29) is 39.2 Å². The number of aromatic nitrogens is 6. The van der Waals surface area contributed by atoms with E-state index in [0.29, 0.717) is 27.7 Å². The number of sulfonamides is 1. The Balaban J connectivity index is 1.46. The minimum Gasteiger partial charge on any atom is -0.497 e. The summed E-state index contributed by atoms with van der Waals surface area (Å²) >= 11 is 6.29. The highest BCUT2D eigenvalue weighted by atomic mass is 35.5. The van der Waals surface area contributed by atoms with Crippen LogP contribution in [0.4, 0.5) is 16.3 Å². The molecule has 20 nitrogen and oxygen atoms in total. The standard InChI is InChI=1S/C28H25ClN10O10S2/c1-4-28(25(41)42,36-51(46,47)27-35-34-24(50-27)19-10-7-17(29)11-20(19)39(44)45)38(15(2)40)37-14-32-21-22(30-13-31-23(21)37)33-26(43)49-12-16-5-8-18(48-3)9-6-16/h5-11,13-14,36H,4,12H2,1-3H3,(H,41,42)(H,30,31,33,43). The fourth-order valence-electron chi connectivity index (χ4n) is 4.75. The van der Waals surface area contributed by atoms with Gasteiger partial charge in [-0.05, 0) is 36.2 Å². The van der Waals surface area contributed by atoms with Gasteiger partial charge in [0.05, 0.1) is 17.6 Å². The van der Waals surface area contributed by atoms with Gasteiger partial charge in [0, 0.05) is 18.0 Å². The van der Waals surface area contributed by atoms with Crippen LogP contribution in [0, 0.1) is 10.1 Å². The molecular weight excluding hydrogens is 736 g/mol. The van der Waals surface area contributed by atoms with Crippen LogP contribution in [-0.4, -0.2) is 79.0 Å². The van der Waals surface area contributed by atoms with Gasteiger partial charge in [0.1, 0.15) is 25.0 Å². The van der Waals surface area contributed by atoms with E-state index in [1.165, 1.54) is 26.2 Å². The number of aliphatic carboxylic acids is 1. The van der Waals surface area contributed by atoms with Gasteiger partial charge >= 0.3 is 12.1 Å². The highest BCUT2D eigenvalue weighted by molar-refractivity contribution is 7.91. The lowest BCUT2D eigenvalue weighted by atomic mass is 10.1. The predicted molar refractivity (Wildman–Crippen MR) is 179 cm³/mol. The average molecular weight is 761 g/mol. The molecule has 2 aromatic carbocycles. The number of imidazole rings is 1. The second-order valence-corrected chi connectivity index (χ2v) is 13.5. The minimum absolute atomic E-state index is 0.0489. The van der Waals surface area contributed by atoms with E-state index >= 15 is 0 Å². The fourth-order valence-corrected chi connectivity index (χ4v) is 7.33. The number of fused-ring (bicyclic) bond motifs is 1. The lowest BCUT2D eigenvalue weighted by molar-refractivity contribution is -0.384. The van der Waals surface area contributed by atoms with Crippen molar-refractivity contribution in [3.05, 3.63) is 75.8 Å². The molecule has 1 atom stereocenters. The number of anilines is 1. The summed E-state index contributed by atoms with van der Waals surface area (Å²) in [7, 11) is -3.39. The summed E-state index contributed by atoms with van der Waals surface area (Å²) in [5, 5.41) is 32.3. The van der Waals surface area contributed by atoms with Crippen LogP contribution in [0.5, 0.6) is 5.75 Å². The summed E-state index contributed by atoms with van der Waals surface area (Å²) in [6.07, 6.45) is 0.502. The second-order valence-electron chi connectivity index (χ2n) is 10.3. The number of nitrogens with zero attached hydrogens (tertiary/aromatic N) is 8. The number of methoxy groups -OCH3 is 1. The van der Waals surface area contributed by atoms with Crippen LogP contribution in [0.1, 0.15) is 25.8 Å². The Bertz CT molecular complexity index is 2270. The first-order chi connectivity index (χ1) is 24.2. The highest BCUT2D eigenvalue weighted by Crippen LogP contribution is 2.35. The molecule has 0 saturated heterocycles. The summed E-state index contributed by atoms with van der Waals surface area (Å²) in [6, 6.07) is 10.4. The van der Waals surface area contributed by atoms with Gasteiger partial charge in [-0.1, -0.05) is 42.0 Å².